The molecule has 1 aliphatic heterocycles. The topological polar surface area (TPSA) is 58.4 Å². The Morgan fingerprint density at radius 2 is 2.33 bits per heavy atom. The molecular formula is C13H19N3O2. The minimum Gasteiger partial charge on any atom is -0.383 e. The van der Waals surface area contributed by atoms with Crippen molar-refractivity contribution in [1.82, 2.24) is 4.90 Å². The van der Waals surface area contributed by atoms with Crippen LogP contribution < -0.4 is 5.32 Å². The van der Waals surface area contributed by atoms with Crippen molar-refractivity contribution in [1.29, 1.82) is 0 Å². The first kappa shape index (κ1) is 12.8. The van der Waals surface area contributed by atoms with E-state index in [0.717, 1.165) is 18.8 Å². The van der Waals surface area contributed by atoms with Gasteiger partial charge < -0.3 is 10.2 Å². The summed E-state index contributed by atoms with van der Waals surface area (Å²) in [5.74, 6) is 0. The van der Waals surface area contributed by atoms with Crippen molar-refractivity contribution in [2.75, 3.05) is 25.5 Å². The Bertz CT molecular complexity index is 448. The summed E-state index contributed by atoms with van der Waals surface area (Å²) >= 11 is 0. The number of likely N-dealkylation sites (tertiary alicyclic amines) is 1. The molecule has 0 bridgehead atoms. The zero-order valence-electron chi connectivity index (χ0n) is 10.8. The third-order valence-electron chi connectivity index (χ3n) is 3.62. The van der Waals surface area contributed by atoms with Gasteiger partial charge in [0.2, 0.25) is 0 Å². The Kier molecular flexibility index (Phi) is 3.81. The molecule has 1 aromatic carbocycles. The van der Waals surface area contributed by atoms with E-state index in [1.165, 1.54) is 12.8 Å². The van der Waals surface area contributed by atoms with Crippen molar-refractivity contribution < 1.29 is 4.92 Å². The molecule has 2 rings (SSSR count). The molecule has 1 heterocycles. The summed E-state index contributed by atoms with van der Waals surface area (Å²) in [6.07, 6.45) is 2.42. The van der Waals surface area contributed by atoms with Gasteiger partial charge in [-0.25, -0.2) is 0 Å². The fourth-order valence-electron chi connectivity index (χ4n) is 2.39. The van der Waals surface area contributed by atoms with Crippen molar-refractivity contribution in [2.45, 2.75) is 25.8 Å². The average Bonchev–Trinajstić information content (AvgIpc) is 2.73. The molecule has 5 heteroatoms. The molecule has 1 saturated heterocycles. The molecule has 1 aliphatic rings. The van der Waals surface area contributed by atoms with Gasteiger partial charge in [-0.2, -0.15) is 0 Å². The predicted molar refractivity (Wildman–Crippen MR) is 72.0 cm³/mol. The van der Waals surface area contributed by atoms with Crippen LogP contribution in [0.2, 0.25) is 0 Å². The van der Waals surface area contributed by atoms with Crippen molar-refractivity contribution in [2.24, 2.45) is 0 Å². The molecule has 0 radical (unpaired) electrons. The van der Waals surface area contributed by atoms with Gasteiger partial charge in [0, 0.05) is 29.9 Å². The van der Waals surface area contributed by atoms with Gasteiger partial charge in [0.15, 0.2) is 0 Å². The van der Waals surface area contributed by atoms with Gasteiger partial charge in [-0.1, -0.05) is 6.07 Å². The van der Waals surface area contributed by atoms with E-state index < -0.39 is 0 Å². The lowest BCUT2D eigenvalue weighted by atomic mass is 10.1. The second-order valence-electron chi connectivity index (χ2n) is 4.92. The van der Waals surface area contributed by atoms with Crippen molar-refractivity contribution in [3.05, 3.63) is 33.9 Å². The first-order chi connectivity index (χ1) is 8.58. The van der Waals surface area contributed by atoms with Gasteiger partial charge >= 0.3 is 0 Å². The molecule has 18 heavy (non-hydrogen) atoms. The van der Waals surface area contributed by atoms with Crippen LogP contribution in [0.3, 0.4) is 0 Å². The second kappa shape index (κ2) is 5.35. The van der Waals surface area contributed by atoms with E-state index in [0.29, 0.717) is 11.6 Å². The lowest BCUT2D eigenvalue weighted by molar-refractivity contribution is -0.385. The smallest absolute Gasteiger partial charge is 0.274 e. The van der Waals surface area contributed by atoms with Gasteiger partial charge in [-0.3, -0.25) is 10.1 Å². The molecule has 1 unspecified atom stereocenters. The Morgan fingerprint density at radius 3 is 2.94 bits per heavy atom. The Morgan fingerprint density at radius 1 is 1.56 bits per heavy atom. The maximum absolute atomic E-state index is 10.9. The summed E-state index contributed by atoms with van der Waals surface area (Å²) in [4.78, 5) is 12.9. The van der Waals surface area contributed by atoms with Gasteiger partial charge in [-0.05, 0) is 39.4 Å². The lowest BCUT2D eigenvalue weighted by Gasteiger charge is -2.20. The number of nitrogens with one attached hydrogen (secondary N) is 1. The van der Waals surface area contributed by atoms with Crippen molar-refractivity contribution >= 4 is 11.4 Å². The summed E-state index contributed by atoms with van der Waals surface area (Å²) < 4.78 is 0. The van der Waals surface area contributed by atoms with Crippen molar-refractivity contribution in [3.63, 3.8) is 0 Å². The summed E-state index contributed by atoms with van der Waals surface area (Å²) in [7, 11) is 2.12. The Balaban J connectivity index is 2.01. The number of aryl methyl sites for hydroxylation is 1. The summed E-state index contributed by atoms with van der Waals surface area (Å²) in [5, 5.41) is 14.1. The van der Waals surface area contributed by atoms with Gasteiger partial charge in [0.1, 0.15) is 0 Å². The number of rotatable bonds is 4. The number of nitrogens with zero attached hydrogens (tertiary/aromatic N) is 2. The van der Waals surface area contributed by atoms with Gasteiger partial charge in [0.25, 0.3) is 5.69 Å². The zero-order valence-corrected chi connectivity index (χ0v) is 10.8. The third-order valence-corrected chi connectivity index (χ3v) is 3.62. The van der Waals surface area contributed by atoms with Crippen LogP contribution in [0.4, 0.5) is 11.4 Å². The Labute approximate surface area is 107 Å². The number of nitro benzene ring substituents is 1. The van der Waals surface area contributed by atoms with Crippen LogP contribution >= 0.6 is 0 Å². The van der Waals surface area contributed by atoms with Crippen LogP contribution in [0.5, 0.6) is 0 Å². The summed E-state index contributed by atoms with van der Waals surface area (Å²) in [5.41, 5.74) is 1.70. The molecular weight excluding hydrogens is 230 g/mol. The number of anilines is 1. The average molecular weight is 249 g/mol. The normalized spacial score (nSPS) is 20.0. The molecule has 98 valence electrons. The molecule has 0 aliphatic carbocycles. The standard InChI is InChI=1S/C13H19N3O2/c1-10-5-6-11(8-13(10)16(17)18)14-9-12-4-3-7-15(12)2/h5-6,8,12,14H,3-4,7,9H2,1-2H3. The number of likely N-dealkylation sites (N-methyl/N-ethyl adjacent to an activating group) is 1. The fourth-order valence-corrected chi connectivity index (χ4v) is 2.39. The largest absolute Gasteiger partial charge is 0.383 e. The number of hydrogen-bond donors (Lipinski definition) is 1. The van der Waals surface area contributed by atoms with E-state index in [1.54, 1.807) is 19.1 Å². The minimum atomic E-state index is -0.331. The highest BCUT2D eigenvalue weighted by atomic mass is 16.6. The minimum absolute atomic E-state index is 0.180. The number of nitro groups is 1. The maximum Gasteiger partial charge on any atom is 0.274 e. The zero-order chi connectivity index (χ0) is 13.1. The van der Waals surface area contributed by atoms with Crippen LogP contribution in [0.15, 0.2) is 18.2 Å². The lowest BCUT2D eigenvalue weighted by Crippen LogP contribution is -2.31. The highest BCUT2D eigenvalue weighted by Crippen LogP contribution is 2.23. The molecule has 1 aromatic rings. The molecule has 1 atom stereocenters. The van der Waals surface area contributed by atoms with Crippen LogP contribution in [0.1, 0.15) is 18.4 Å². The highest BCUT2D eigenvalue weighted by molar-refractivity contribution is 5.54. The molecule has 5 nitrogen and oxygen atoms in total. The van der Waals surface area contributed by atoms with E-state index in [1.807, 2.05) is 6.07 Å². The quantitative estimate of drug-likeness (QED) is 0.657. The van der Waals surface area contributed by atoms with E-state index in [2.05, 4.69) is 17.3 Å². The van der Waals surface area contributed by atoms with E-state index >= 15 is 0 Å². The summed E-state index contributed by atoms with van der Waals surface area (Å²) in [6, 6.07) is 5.84. The van der Waals surface area contributed by atoms with Crippen LogP contribution in [0.25, 0.3) is 0 Å². The Hall–Kier alpha value is -1.62. The fraction of sp³-hybridized carbons (Fsp3) is 0.538. The van der Waals surface area contributed by atoms with E-state index in [4.69, 9.17) is 0 Å². The SMILES string of the molecule is Cc1ccc(NCC2CCCN2C)cc1[N+](=O)[O-]. The molecule has 0 aromatic heterocycles. The van der Waals surface area contributed by atoms with E-state index in [9.17, 15) is 10.1 Å². The first-order valence-corrected chi connectivity index (χ1v) is 6.27. The second-order valence-corrected chi connectivity index (χ2v) is 4.92. The highest BCUT2D eigenvalue weighted by Gasteiger charge is 2.20. The van der Waals surface area contributed by atoms with Crippen molar-refractivity contribution in [3.8, 4) is 0 Å². The summed E-state index contributed by atoms with van der Waals surface area (Å²) in [6.45, 7) is 3.74. The van der Waals surface area contributed by atoms with Gasteiger partial charge in [0.05, 0.1) is 4.92 Å². The molecule has 1 fully saturated rings. The first-order valence-electron chi connectivity index (χ1n) is 6.27. The third kappa shape index (κ3) is 2.79. The molecule has 0 saturated carbocycles. The number of benzene rings is 1. The van der Waals surface area contributed by atoms with Crippen LogP contribution in [-0.2, 0) is 0 Å². The molecule has 0 spiro atoms. The maximum atomic E-state index is 10.9. The predicted octanol–water partition coefficient (Wildman–Crippen LogP) is 2.41. The monoisotopic (exact) mass is 249 g/mol. The number of hydrogen-bond acceptors (Lipinski definition) is 4. The van der Waals surface area contributed by atoms with Crippen LogP contribution in [-0.4, -0.2) is 36.0 Å². The van der Waals surface area contributed by atoms with Crippen LogP contribution in [0, 0.1) is 17.0 Å². The molecule has 1 N–H and O–H groups in total. The van der Waals surface area contributed by atoms with E-state index in [-0.39, 0.29) is 10.6 Å². The van der Waals surface area contributed by atoms with Gasteiger partial charge in [-0.15, -0.1) is 0 Å². The molecule has 0 amide bonds.